The van der Waals surface area contributed by atoms with Gasteiger partial charge >= 0.3 is 5.97 Å². The molecular formula is C22H15ClO2. The number of carbonyl (C=O) groups is 1. The smallest absolute Gasteiger partial charge is 0.339 e. The standard InChI is InChI=1S/C22H15ClO2/c23-21-12-6-5-11-19(21)22(24)25-14-20-17-9-3-1-7-15(17)13-16-8-2-4-10-18(16)20/h1-13H,14H2. The van der Waals surface area contributed by atoms with Gasteiger partial charge in [0, 0.05) is 5.56 Å². The lowest BCUT2D eigenvalue weighted by Crippen LogP contribution is -2.06. The van der Waals surface area contributed by atoms with Crippen LogP contribution in [0.1, 0.15) is 15.9 Å². The lowest BCUT2D eigenvalue weighted by Gasteiger charge is -2.12. The van der Waals surface area contributed by atoms with Crippen molar-refractivity contribution in [3.63, 3.8) is 0 Å². The van der Waals surface area contributed by atoms with Gasteiger partial charge in [-0.2, -0.15) is 0 Å². The van der Waals surface area contributed by atoms with E-state index in [1.54, 1.807) is 24.3 Å². The maximum Gasteiger partial charge on any atom is 0.339 e. The first-order valence-electron chi connectivity index (χ1n) is 8.05. The molecule has 0 aromatic heterocycles. The molecule has 0 spiro atoms. The van der Waals surface area contributed by atoms with Gasteiger partial charge in [0.1, 0.15) is 6.61 Å². The third-order valence-corrected chi connectivity index (χ3v) is 4.65. The Labute approximate surface area is 150 Å². The first-order valence-corrected chi connectivity index (χ1v) is 8.43. The first kappa shape index (κ1) is 15.7. The molecule has 0 atom stereocenters. The average molecular weight is 347 g/mol. The van der Waals surface area contributed by atoms with Crippen molar-refractivity contribution in [1.29, 1.82) is 0 Å². The Balaban J connectivity index is 1.75. The second-order valence-electron chi connectivity index (χ2n) is 5.85. The van der Waals surface area contributed by atoms with Crippen molar-refractivity contribution in [1.82, 2.24) is 0 Å². The topological polar surface area (TPSA) is 26.3 Å². The summed E-state index contributed by atoms with van der Waals surface area (Å²) < 4.78 is 5.59. The van der Waals surface area contributed by atoms with E-state index < -0.39 is 5.97 Å². The molecule has 4 rings (SSSR count). The molecule has 0 aliphatic carbocycles. The summed E-state index contributed by atoms with van der Waals surface area (Å²) >= 11 is 6.09. The van der Waals surface area contributed by atoms with Crippen LogP contribution < -0.4 is 0 Å². The van der Waals surface area contributed by atoms with Gasteiger partial charge < -0.3 is 4.74 Å². The van der Waals surface area contributed by atoms with Crippen molar-refractivity contribution in [2.24, 2.45) is 0 Å². The lowest BCUT2D eigenvalue weighted by molar-refractivity contribution is 0.0476. The first-order chi connectivity index (χ1) is 12.2. The molecule has 25 heavy (non-hydrogen) atoms. The number of fused-ring (bicyclic) bond motifs is 2. The third kappa shape index (κ3) is 2.97. The maximum atomic E-state index is 12.4. The molecule has 0 fully saturated rings. The normalized spacial score (nSPS) is 10.9. The zero-order valence-corrected chi connectivity index (χ0v) is 14.2. The van der Waals surface area contributed by atoms with Crippen LogP contribution in [-0.4, -0.2) is 5.97 Å². The van der Waals surface area contributed by atoms with Gasteiger partial charge in [-0.15, -0.1) is 0 Å². The molecule has 0 saturated carbocycles. The number of carbonyl (C=O) groups excluding carboxylic acids is 1. The van der Waals surface area contributed by atoms with Crippen LogP contribution in [0.15, 0.2) is 78.9 Å². The number of ether oxygens (including phenoxy) is 1. The molecule has 0 heterocycles. The number of benzene rings is 4. The van der Waals surface area contributed by atoms with Crippen LogP contribution >= 0.6 is 11.6 Å². The summed E-state index contributed by atoms with van der Waals surface area (Å²) in [6.45, 7) is 0.200. The zero-order valence-electron chi connectivity index (χ0n) is 13.4. The fourth-order valence-corrected chi connectivity index (χ4v) is 3.32. The number of esters is 1. The number of hydrogen-bond donors (Lipinski definition) is 0. The lowest BCUT2D eigenvalue weighted by atomic mass is 9.97. The molecule has 0 radical (unpaired) electrons. The average Bonchev–Trinajstić information content (AvgIpc) is 2.65. The van der Waals surface area contributed by atoms with E-state index in [1.165, 1.54) is 0 Å². The third-order valence-electron chi connectivity index (χ3n) is 4.32. The fourth-order valence-electron chi connectivity index (χ4n) is 3.11. The van der Waals surface area contributed by atoms with E-state index in [1.807, 2.05) is 24.3 Å². The molecule has 0 N–H and O–H groups in total. The van der Waals surface area contributed by atoms with Crippen LogP contribution in [0, 0.1) is 0 Å². The summed E-state index contributed by atoms with van der Waals surface area (Å²) in [6.07, 6.45) is 0. The van der Waals surface area contributed by atoms with E-state index in [2.05, 4.69) is 30.3 Å². The van der Waals surface area contributed by atoms with E-state index in [4.69, 9.17) is 16.3 Å². The van der Waals surface area contributed by atoms with Gasteiger partial charge in [0.2, 0.25) is 0 Å². The van der Waals surface area contributed by atoms with E-state index in [-0.39, 0.29) is 6.61 Å². The summed E-state index contributed by atoms with van der Waals surface area (Å²) in [7, 11) is 0. The zero-order chi connectivity index (χ0) is 17.2. The molecule has 4 aromatic carbocycles. The largest absolute Gasteiger partial charge is 0.457 e. The van der Waals surface area contributed by atoms with E-state index >= 15 is 0 Å². The number of rotatable bonds is 3. The monoisotopic (exact) mass is 346 g/mol. The second kappa shape index (κ2) is 6.58. The minimum absolute atomic E-state index is 0.200. The fraction of sp³-hybridized carbons (Fsp3) is 0.0455. The molecule has 2 nitrogen and oxygen atoms in total. The van der Waals surface area contributed by atoms with Gasteiger partial charge in [-0.1, -0.05) is 72.3 Å². The van der Waals surface area contributed by atoms with Gasteiger partial charge in [0.25, 0.3) is 0 Å². The number of hydrogen-bond acceptors (Lipinski definition) is 2. The highest BCUT2D eigenvalue weighted by molar-refractivity contribution is 6.33. The minimum Gasteiger partial charge on any atom is -0.457 e. The van der Waals surface area contributed by atoms with Crippen LogP contribution in [0.25, 0.3) is 21.5 Å². The van der Waals surface area contributed by atoms with Crippen LogP contribution in [0.4, 0.5) is 0 Å². The van der Waals surface area contributed by atoms with E-state index in [0.29, 0.717) is 10.6 Å². The predicted octanol–water partition coefficient (Wildman–Crippen LogP) is 6.00. The van der Waals surface area contributed by atoms with Crippen molar-refractivity contribution in [2.75, 3.05) is 0 Å². The molecule has 3 heteroatoms. The van der Waals surface area contributed by atoms with Gasteiger partial charge in [-0.25, -0.2) is 4.79 Å². The Hall–Kier alpha value is -2.84. The minimum atomic E-state index is -0.414. The molecule has 0 aliphatic rings. The summed E-state index contributed by atoms with van der Waals surface area (Å²) in [4.78, 5) is 12.4. The Kier molecular flexibility index (Phi) is 4.12. The number of halogens is 1. The Morgan fingerprint density at radius 1 is 0.800 bits per heavy atom. The van der Waals surface area contributed by atoms with Gasteiger partial charge in [0.15, 0.2) is 0 Å². The second-order valence-corrected chi connectivity index (χ2v) is 6.26. The van der Waals surface area contributed by atoms with Crippen molar-refractivity contribution < 1.29 is 9.53 Å². The van der Waals surface area contributed by atoms with Gasteiger partial charge in [-0.05, 0) is 39.7 Å². The van der Waals surface area contributed by atoms with Crippen LogP contribution in [0.3, 0.4) is 0 Å². The molecule has 4 aromatic rings. The van der Waals surface area contributed by atoms with Crippen LogP contribution in [0.5, 0.6) is 0 Å². The highest BCUT2D eigenvalue weighted by Gasteiger charge is 2.13. The summed E-state index contributed by atoms with van der Waals surface area (Å²) in [5, 5.41) is 4.84. The molecule has 0 bridgehead atoms. The molecular weight excluding hydrogens is 332 g/mol. The maximum absolute atomic E-state index is 12.4. The van der Waals surface area contributed by atoms with E-state index in [0.717, 1.165) is 27.1 Å². The van der Waals surface area contributed by atoms with Crippen LogP contribution in [0.2, 0.25) is 5.02 Å². The molecule has 0 aliphatic heterocycles. The Bertz CT molecular complexity index is 1030. The Morgan fingerprint density at radius 3 is 2.00 bits per heavy atom. The van der Waals surface area contributed by atoms with Crippen molar-refractivity contribution in [3.05, 3.63) is 95.0 Å². The Morgan fingerprint density at radius 2 is 1.36 bits per heavy atom. The summed E-state index contributed by atoms with van der Waals surface area (Å²) in [6, 6.07) is 25.3. The van der Waals surface area contributed by atoms with Crippen molar-refractivity contribution in [3.8, 4) is 0 Å². The molecule has 0 amide bonds. The molecule has 0 saturated heterocycles. The summed E-state index contributed by atoms with van der Waals surface area (Å²) in [5.74, 6) is -0.414. The van der Waals surface area contributed by atoms with Gasteiger partial charge in [0.05, 0.1) is 10.6 Å². The summed E-state index contributed by atoms with van der Waals surface area (Å²) in [5.41, 5.74) is 1.39. The predicted molar refractivity (Wildman–Crippen MR) is 102 cm³/mol. The highest BCUT2D eigenvalue weighted by atomic mass is 35.5. The van der Waals surface area contributed by atoms with Crippen molar-refractivity contribution in [2.45, 2.75) is 6.61 Å². The van der Waals surface area contributed by atoms with Gasteiger partial charge in [-0.3, -0.25) is 0 Å². The van der Waals surface area contributed by atoms with Crippen molar-refractivity contribution >= 4 is 39.1 Å². The molecule has 0 unspecified atom stereocenters. The van der Waals surface area contributed by atoms with Crippen LogP contribution in [-0.2, 0) is 11.3 Å². The highest BCUT2D eigenvalue weighted by Crippen LogP contribution is 2.29. The SMILES string of the molecule is O=C(OCc1c2ccccc2cc2ccccc12)c1ccccc1Cl. The molecule has 122 valence electrons. The quantitative estimate of drug-likeness (QED) is 0.336. The van der Waals surface area contributed by atoms with E-state index in [9.17, 15) is 4.79 Å².